The Morgan fingerprint density at radius 2 is 1.79 bits per heavy atom. The summed E-state index contributed by atoms with van der Waals surface area (Å²) in [5.74, 6) is -0.0282. The van der Waals surface area contributed by atoms with E-state index in [0.717, 1.165) is 15.6 Å². The smallest absolute Gasteiger partial charge is 0.253 e. The molecule has 4 nitrogen and oxygen atoms in total. The van der Waals surface area contributed by atoms with Gasteiger partial charge in [-0.25, -0.2) is 0 Å². The number of carbonyl (C=O) groups excluding carboxylic acids is 1. The second-order valence-corrected chi connectivity index (χ2v) is 7.32. The highest BCUT2D eigenvalue weighted by atomic mass is 79.9. The van der Waals surface area contributed by atoms with Crippen molar-refractivity contribution in [1.29, 1.82) is 0 Å². The molecule has 2 aromatic carbocycles. The molecule has 1 fully saturated rings. The SMILES string of the molecule is Cc1ccc(C(=O)N2CCC(O)(c3ccc(Br)cc3)CC2)cc1N. The maximum absolute atomic E-state index is 12.6. The van der Waals surface area contributed by atoms with Crippen molar-refractivity contribution < 1.29 is 9.90 Å². The van der Waals surface area contributed by atoms with Crippen molar-refractivity contribution in [1.82, 2.24) is 4.90 Å². The molecule has 1 heterocycles. The van der Waals surface area contributed by atoms with E-state index >= 15 is 0 Å². The molecule has 3 rings (SSSR count). The molecule has 126 valence electrons. The van der Waals surface area contributed by atoms with E-state index in [1.807, 2.05) is 43.3 Å². The number of nitrogens with two attached hydrogens (primary N) is 1. The van der Waals surface area contributed by atoms with Gasteiger partial charge in [-0.05, 0) is 55.2 Å². The Hall–Kier alpha value is -1.85. The number of aliphatic hydroxyl groups is 1. The Morgan fingerprint density at radius 1 is 1.17 bits per heavy atom. The number of halogens is 1. The van der Waals surface area contributed by atoms with Gasteiger partial charge in [0.15, 0.2) is 0 Å². The van der Waals surface area contributed by atoms with Crippen LogP contribution in [0.15, 0.2) is 46.9 Å². The first-order chi connectivity index (χ1) is 11.4. The first kappa shape index (κ1) is 17.0. The fraction of sp³-hybridized carbons (Fsp3) is 0.316. The molecule has 1 aliphatic heterocycles. The first-order valence-corrected chi connectivity index (χ1v) is 8.82. The third-order valence-electron chi connectivity index (χ3n) is 4.79. The van der Waals surface area contributed by atoms with Crippen LogP contribution in [0.4, 0.5) is 5.69 Å². The van der Waals surface area contributed by atoms with Gasteiger partial charge < -0.3 is 15.7 Å². The lowest BCUT2D eigenvalue weighted by atomic mass is 9.84. The average molecular weight is 389 g/mol. The number of nitrogen functional groups attached to an aromatic ring is 1. The number of rotatable bonds is 2. The van der Waals surface area contributed by atoms with Crippen molar-refractivity contribution in [3.8, 4) is 0 Å². The lowest BCUT2D eigenvalue weighted by Gasteiger charge is -2.38. The fourth-order valence-electron chi connectivity index (χ4n) is 3.08. The molecule has 24 heavy (non-hydrogen) atoms. The van der Waals surface area contributed by atoms with Crippen molar-refractivity contribution >= 4 is 27.5 Å². The molecule has 0 saturated carbocycles. The zero-order valence-electron chi connectivity index (χ0n) is 13.6. The van der Waals surface area contributed by atoms with Gasteiger partial charge in [0, 0.05) is 28.8 Å². The standard InChI is InChI=1S/C19H21BrN2O2/c1-13-2-3-14(12-17(13)21)18(23)22-10-8-19(24,9-11-22)15-4-6-16(20)7-5-15/h2-7,12,24H,8-11,21H2,1H3. The van der Waals surface area contributed by atoms with Crippen LogP contribution in [0.1, 0.15) is 34.3 Å². The van der Waals surface area contributed by atoms with Gasteiger partial charge in [0.05, 0.1) is 5.60 Å². The van der Waals surface area contributed by atoms with Crippen LogP contribution in [0, 0.1) is 6.92 Å². The number of anilines is 1. The zero-order chi connectivity index (χ0) is 17.3. The Labute approximate surface area is 150 Å². The van der Waals surface area contributed by atoms with Crippen molar-refractivity contribution in [2.24, 2.45) is 0 Å². The van der Waals surface area contributed by atoms with Gasteiger partial charge in [0.2, 0.25) is 0 Å². The number of carbonyl (C=O) groups is 1. The Morgan fingerprint density at radius 3 is 2.38 bits per heavy atom. The molecule has 0 spiro atoms. The molecule has 1 amide bonds. The van der Waals surface area contributed by atoms with E-state index in [-0.39, 0.29) is 5.91 Å². The second-order valence-electron chi connectivity index (χ2n) is 6.40. The monoisotopic (exact) mass is 388 g/mol. The van der Waals surface area contributed by atoms with E-state index in [0.29, 0.717) is 37.2 Å². The van der Waals surface area contributed by atoms with E-state index in [1.54, 1.807) is 11.0 Å². The van der Waals surface area contributed by atoms with Gasteiger partial charge >= 0.3 is 0 Å². The number of nitrogens with zero attached hydrogens (tertiary/aromatic N) is 1. The molecule has 0 atom stereocenters. The summed E-state index contributed by atoms with van der Waals surface area (Å²) in [6.07, 6.45) is 1.06. The van der Waals surface area contributed by atoms with Crippen LogP contribution in [0.25, 0.3) is 0 Å². The van der Waals surface area contributed by atoms with Crippen LogP contribution >= 0.6 is 15.9 Å². The summed E-state index contributed by atoms with van der Waals surface area (Å²) in [6, 6.07) is 13.1. The minimum atomic E-state index is -0.871. The summed E-state index contributed by atoms with van der Waals surface area (Å²) >= 11 is 3.41. The molecule has 0 aliphatic carbocycles. The van der Waals surface area contributed by atoms with Gasteiger partial charge in [-0.15, -0.1) is 0 Å². The van der Waals surface area contributed by atoms with Crippen LogP contribution in [0.2, 0.25) is 0 Å². The molecule has 0 bridgehead atoms. The molecular formula is C19H21BrN2O2. The van der Waals surface area contributed by atoms with E-state index in [4.69, 9.17) is 5.73 Å². The van der Waals surface area contributed by atoms with Crippen molar-refractivity contribution in [3.05, 3.63) is 63.6 Å². The van der Waals surface area contributed by atoms with E-state index in [9.17, 15) is 9.90 Å². The summed E-state index contributed by atoms with van der Waals surface area (Å²) in [5.41, 5.74) is 8.13. The van der Waals surface area contributed by atoms with Crippen molar-refractivity contribution in [2.45, 2.75) is 25.4 Å². The van der Waals surface area contributed by atoms with Crippen LogP contribution < -0.4 is 5.73 Å². The lowest BCUT2D eigenvalue weighted by Crippen LogP contribution is -2.45. The molecule has 0 radical (unpaired) electrons. The predicted molar refractivity (Wildman–Crippen MR) is 98.8 cm³/mol. The summed E-state index contributed by atoms with van der Waals surface area (Å²) in [5, 5.41) is 10.9. The molecule has 3 N–H and O–H groups in total. The Bertz CT molecular complexity index is 750. The summed E-state index contributed by atoms with van der Waals surface area (Å²) in [4.78, 5) is 14.4. The molecule has 1 aliphatic rings. The molecule has 5 heteroatoms. The minimum absolute atomic E-state index is 0.0282. The minimum Gasteiger partial charge on any atom is -0.398 e. The lowest BCUT2D eigenvalue weighted by molar-refractivity contribution is -0.0211. The van der Waals surface area contributed by atoms with Crippen LogP contribution in [-0.2, 0) is 5.60 Å². The van der Waals surface area contributed by atoms with Gasteiger partial charge in [0.25, 0.3) is 5.91 Å². The second kappa shape index (κ2) is 6.57. The summed E-state index contributed by atoms with van der Waals surface area (Å²) in [7, 11) is 0. The molecule has 0 unspecified atom stereocenters. The predicted octanol–water partition coefficient (Wildman–Crippen LogP) is 3.46. The number of benzene rings is 2. The number of piperidine rings is 1. The maximum Gasteiger partial charge on any atom is 0.253 e. The third kappa shape index (κ3) is 3.32. The van der Waals surface area contributed by atoms with Crippen LogP contribution in [-0.4, -0.2) is 29.0 Å². The highest BCUT2D eigenvalue weighted by Crippen LogP contribution is 2.34. The molecule has 2 aromatic rings. The zero-order valence-corrected chi connectivity index (χ0v) is 15.2. The van der Waals surface area contributed by atoms with E-state index in [2.05, 4.69) is 15.9 Å². The number of hydrogen-bond donors (Lipinski definition) is 2. The van der Waals surface area contributed by atoms with E-state index < -0.39 is 5.60 Å². The quantitative estimate of drug-likeness (QED) is 0.774. The largest absolute Gasteiger partial charge is 0.398 e. The van der Waals surface area contributed by atoms with Gasteiger partial charge in [0.1, 0.15) is 0 Å². The van der Waals surface area contributed by atoms with Crippen LogP contribution in [0.3, 0.4) is 0 Å². The van der Waals surface area contributed by atoms with Gasteiger partial charge in [-0.2, -0.15) is 0 Å². The molecular weight excluding hydrogens is 368 g/mol. The first-order valence-electron chi connectivity index (χ1n) is 8.03. The fourth-order valence-corrected chi connectivity index (χ4v) is 3.35. The van der Waals surface area contributed by atoms with E-state index in [1.165, 1.54) is 0 Å². The highest BCUT2D eigenvalue weighted by Gasteiger charge is 2.35. The third-order valence-corrected chi connectivity index (χ3v) is 5.31. The van der Waals surface area contributed by atoms with Gasteiger partial charge in [-0.1, -0.05) is 34.1 Å². The Kier molecular flexibility index (Phi) is 4.65. The highest BCUT2D eigenvalue weighted by molar-refractivity contribution is 9.10. The number of aryl methyl sites for hydroxylation is 1. The van der Waals surface area contributed by atoms with Gasteiger partial charge in [-0.3, -0.25) is 4.79 Å². The average Bonchev–Trinajstić information content (AvgIpc) is 2.58. The summed E-state index contributed by atoms with van der Waals surface area (Å²) in [6.45, 7) is 2.97. The molecule has 0 aromatic heterocycles. The van der Waals surface area contributed by atoms with Crippen molar-refractivity contribution in [3.63, 3.8) is 0 Å². The van der Waals surface area contributed by atoms with Crippen LogP contribution in [0.5, 0.6) is 0 Å². The molecule has 1 saturated heterocycles. The summed E-state index contributed by atoms with van der Waals surface area (Å²) < 4.78 is 0.986. The topological polar surface area (TPSA) is 66.6 Å². The van der Waals surface area contributed by atoms with Crippen molar-refractivity contribution in [2.75, 3.05) is 18.8 Å². The Balaban J connectivity index is 1.71. The number of hydrogen-bond acceptors (Lipinski definition) is 3. The maximum atomic E-state index is 12.6. The number of amides is 1. The number of likely N-dealkylation sites (tertiary alicyclic amines) is 1. The normalized spacial score (nSPS) is 16.9.